The third-order valence-corrected chi connectivity index (χ3v) is 1.75. The van der Waals surface area contributed by atoms with Gasteiger partial charge < -0.3 is 15.3 Å². The molecule has 13 heavy (non-hydrogen) atoms. The average molecular weight is 181 g/mol. The molecule has 0 saturated heterocycles. The van der Waals surface area contributed by atoms with Crippen molar-refractivity contribution < 1.29 is 9.52 Å². The SMILES string of the molecule is C/C(=C\c1ccco1)CC(N)CO. The van der Waals surface area contributed by atoms with Crippen molar-refractivity contribution in [2.75, 3.05) is 6.61 Å². The van der Waals surface area contributed by atoms with Crippen LogP contribution >= 0.6 is 0 Å². The van der Waals surface area contributed by atoms with Crippen LogP contribution in [0.4, 0.5) is 0 Å². The van der Waals surface area contributed by atoms with E-state index in [-0.39, 0.29) is 12.6 Å². The third-order valence-electron chi connectivity index (χ3n) is 1.75. The van der Waals surface area contributed by atoms with Crippen LogP contribution in [-0.4, -0.2) is 17.8 Å². The topological polar surface area (TPSA) is 59.4 Å². The van der Waals surface area contributed by atoms with Gasteiger partial charge in [-0.2, -0.15) is 0 Å². The van der Waals surface area contributed by atoms with Gasteiger partial charge in [0.05, 0.1) is 12.9 Å². The molecule has 0 aliphatic heterocycles. The van der Waals surface area contributed by atoms with Crippen molar-refractivity contribution in [3.05, 3.63) is 29.7 Å². The van der Waals surface area contributed by atoms with E-state index in [1.165, 1.54) is 0 Å². The molecule has 0 fully saturated rings. The molecule has 3 nitrogen and oxygen atoms in total. The van der Waals surface area contributed by atoms with Crippen LogP contribution in [0.1, 0.15) is 19.1 Å². The first-order chi connectivity index (χ1) is 6.22. The van der Waals surface area contributed by atoms with Crippen molar-refractivity contribution in [1.82, 2.24) is 0 Å². The molecule has 0 spiro atoms. The van der Waals surface area contributed by atoms with E-state index >= 15 is 0 Å². The van der Waals surface area contributed by atoms with E-state index in [9.17, 15) is 0 Å². The molecule has 1 atom stereocenters. The van der Waals surface area contributed by atoms with Crippen molar-refractivity contribution in [1.29, 1.82) is 0 Å². The molecule has 0 bridgehead atoms. The molecule has 72 valence electrons. The predicted octanol–water partition coefficient (Wildman–Crippen LogP) is 1.39. The van der Waals surface area contributed by atoms with E-state index in [2.05, 4.69) is 0 Å². The molecular formula is C10H15NO2. The summed E-state index contributed by atoms with van der Waals surface area (Å²) in [6, 6.07) is 3.55. The van der Waals surface area contributed by atoms with E-state index in [0.29, 0.717) is 6.42 Å². The normalized spacial score (nSPS) is 14.5. The summed E-state index contributed by atoms with van der Waals surface area (Å²) in [6.07, 6.45) is 4.25. The van der Waals surface area contributed by atoms with Crippen molar-refractivity contribution >= 4 is 6.08 Å². The molecule has 1 rings (SSSR count). The smallest absolute Gasteiger partial charge is 0.126 e. The number of nitrogens with two attached hydrogens (primary N) is 1. The highest BCUT2D eigenvalue weighted by molar-refractivity contribution is 5.46. The fourth-order valence-electron chi connectivity index (χ4n) is 1.15. The fourth-order valence-corrected chi connectivity index (χ4v) is 1.15. The molecule has 1 heterocycles. The summed E-state index contributed by atoms with van der Waals surface area (Å²) in [4.78, 5) is 0. The molecule has 3 N–H and O–H groups in total. The molecule has 0 saturated carbocycles. The van der Waals surface area contributed by atoms with E-state index in [0.717, 1.165) is 11.3 Å². The molecule has 0 amide bonds. The van der Waals surface area contributed by atoms with Crippen LogP contribution in [0.2, 0.25) is 0 Å². The zero-order valence-electron chi connectivity index (χ0n) is 7.73. The van der Waals surface area contributed by atoms with Gasteiger partial charge in [0, 0.05) is 6.04 Å². The second kappa shape index (κ2) is 4.84. The van der Waals surface area contributed by atoms with Crippen LogP contribution in [0.5, 0.6) is 0 Å². The van der Waals surface area contributed by atoms with Gasteiger partial charge in [0.1, 0.15) is 5.76 Å². The summed E-state index contributed by atoms with van der Waals surface area (Å²) in [5, 5.41) is 8.73. The van der Waals surface area contributed by atoms with Crippen molar-refractivity contribution in [3.63, 3.8) is 0 Å². The minimum atomic E-state index is -0.175. The first-order valence-corrected chi connectivity index (χ1v) is 4.29. The van der Waals surface area contributed by atoms with Gasteiger partial charge >= 0.3 is 0 Å². The lowest BCUT2D eigenvalue weighted by Gasteiger charge is -2.06. The van der Waals surface area contributed by atoms with Crippen LogP contribution in [0.25, 0.3) is 6.08 Å². The highest BCUT2D eigenvalue weighted by Crippen LogP contribution is 2.10. The van der Waals surface area contributed by atoms with Crippen LogP contribution in [0.3, 0.4) is 0 Å². The van der Waals surface area contributed by atoms with Gasteiger partial charge in [0.2, 0.25) is 0 Å². The Morgan fingerprint density at radius 3 is 3.08 bits per heavy atom. The second-order valence-corrected chi connectivity index (χ2v) is 3.15. The summed E-state index contributed by atoms with van der Waals surface area (Å²) in [5.41, 5.74) is 6.69. The number of aliphatic hydroxyl groups is 1. The lowest BCUT2D eigenvalue weighted by Crippen LogP contribution is -2.24. The zero-order valence-corrected chi connectivity index (χ0v) is 7.73. The maximum atomic E-state index is 8.73. The average Bonchev–Trinajstić information content (AvgIpc) is 2.56. The first kappa shape index (κ1) is 10.0. The standard InChI is InChI=1S/C10H15NO2/c1-8(5-9(11)7-12)6-10-3-2-4-13-10/h2-4,6,9,12H,5,7,11H2,1H3/b8-6+. The minimum absolute atomic E-state index is 0.0172. The quantitative estimate of drug-likeness (QED) is 0.738. The van der Waals surface area contributed by atoms with E-state index in [4.69, 9.17) is 15.3 Å². The zero-order chi connectivity index (χ0) is 9.68. The monoisotopic (exact) mass is 181 g/mol. The molecular weight excluding hydrogens is 166 g/mol. The van der Waals surface area contributed by atoms with E-state index in [1.807, 2.05) is 25.1 Å². The number of furan rings is 1. The molecule has 1 aromatic heterocycles. The number of rotatable bonds is 4. The Kier molecular flexibility index (Phi) is 3.73. The van der Waals surface area contributed by atoms with Crippen LogP contribution in [0, 0.1) is 0 Å². The van der Waals surface area contributed by atoms with Gasteiger partial charge in [-0.3, -0.25) is 0 Å². The number of aliphatic hydroxyl groups excluding tert-OH is 1. The Morgan fingerprint density at radius 2 is 2.54 bits per heavy atom. The largest absolute Gasteiger partial charge is 0.465 e. The summed E-state index contributed by atoms with van der Waals surface area (Å²) in [5.74, 6) is 0.822. The predicted molar refractivity (Wildman–Crippen MR) is 52.0 cm³/mol. The number of hydrogen-bond acceptors (Lipinski definition) is 3. The Balaban J connectivity index is 2.52. The molecule has 0 aliphatic rings. The maximum absolute atomic E-state index is 8.73. The molecule has 0 aliphatic carbocycles. The minimum Gasteiger partial charge on any atom is -0.465 e. The molecule has 0 radical (unpaired) electrons. The Bertz CT molecular complexity index is 264. The van der Waals surface area contributed by atoms with Crippen molar-refractivity contribution in [3.8, 4) is 0 Å². The van der Waals surface area contributed by atoms with Crippen LogP contribution < -0.4 is 5.73 Å². The summed E-state index contributed by atoms with van der Waals surface area (Å²) < 4.78 is 5.14. The summed E-state index contributed by atoms with van der Waals surface area (Å²) in [6.45, 7) is 1.99. The maximum Gasteiger partial charge on any atom is 0.126 e. The molecule has 1 aromatic rings. The van der Waals surface area contributed by atoms with Gasteiger partial charge in [-0.25, -0.2) is 0 Å². The van der Waals surface area contributed by atoms with E-state index < -0.39 is 0 Å². The van der Waals surface area contributed by atoms with Crippen LogP contribution in [-0.2, 0) is 0 Å². The van der Waals surface area contributed by atoms with Crippen LogP contribution in [0.15, 0.2) is 28.4 Å². The molecule has 1 unspecified atom stereocenters. The molecule has 3 heteroatoms. The lowest BCUT2D eigenvalue weighted by atomic mass is 10.1. The Labute approximate surface area is 77.9 Å². The highest BCUT2D eigenvalue weighted by Gasteiger charge is 2.01. The van der Waals surface area contributed by atoms with Crippen molar-refractivity contribution in [2.24, 2.45) is 5.73 Å². The summed E-state index contributed by atoms with van der Waals surface area (Å²) in [7, 11) is 0. The second-order valence-electron chi connectivity index (χ2n) is 3.15. The van der Waals surface area contributed by atoms with Crippen molar-refractivity contribution in [2.45, 2.75) is 19.4 Å². The number of hydrogen-bond donors (Lipinski definition) is 2. The Morgan fingerprint density at radius 1 is 1.77 bits per heavy atom. The van der Waals surface area contributed by atoms with Gasteiger partial charge in [-0.1, -0.05) is 5.57 Å². The first-order valence-electron chi connectivity index (χ1n) is 4.29. The highest BCUT2D eigenvalue weighted by atomic mass is 16.3. The van der Waals surface area contributed by atoms with Gasteiger partial charge in [-0.05, 0) is 31.6 Å². The van der Waals surface area contributed by atoms with E-state index in [1.54, 1.807) is 6.26 Å². The Hall–Kier alpha value is -1.06. The fraction of sp³-hybridized carbons (Fsp3) is 0.400. The van der Waals surface area contributed by atoms with Gasteiger partial charge in [-0.15, -0.1) is 0 Å². The third kappa shape index (κ3) is 3.44. The summed E-state index contributed by atoms with van der Waals surface area (Å²) >= 11 is 0. The molecule has 0 aromatic carbocycles. The van der Waals surface area contributed by atoms with Gasteiger partial charge in [0.25, 0.3) is 0 Å². The lowest BCUT2D eigenvalue weighted by molar-refractivity contribution is 0.265. The van der Waals surface area contributed by atoms with Gasteiger partial charge in [0.15, 0.2) is 0 Å².